The Hall–Kier alpha value is -5.90. The molecule has 0 spiro atoms. The van der Waals surface area contributed by atoms with E-state index in [1.165, 1.54) is 5.56 Å². The molecule has 0 bridgehead atoms. The monoisotopic (exact) mass is 535 g/mol. The van der Waals surface area contributed by atoms with Crippen LogP contribution in [0.3, 0.4) is 0 Å². The van der Waals surface area contributed by atoms with E-state index in [1.54, 1.807) is 0 Å². The second-order valence-electron chi connectivity index (χ2n) is 10.4. The van der Waals surface area contributed by atoms with Crippen molar-refractivity contribution in [3.8, 4) is 23.3 Å². The molecule has 0 N–H and O–H groups in total. The van der Waals surface area contributed by atoms with Crippen LogP contribution in [0.25, 0.3) is 11.1 Å². The average Bonchev–Trinajstić information content (AvgIpc) is 3.08. The second-order valence-corrected chi connectivity index (χ2v) is 10.4. The van der Waals surface area contributed by atoms with E-state index in [4.69, 9.17) is 0 Å². The van der Waals surface area contributed by atoms with E-state index < -0.39 is 5.41 Å². The van der Waals surface area contributed by atoms with Crippen molar-refractivity contribution in [2.24, 2.45) is 0 Å². The van der Waals surface area contributed by atoms with E-state index >= 15 is 0 Å². The quantitative estimate of drug-likeness (QED) is 0.226. The van der Waals surface area contributed by atoms with Gasteiger partial charge in [0.15, 0.2) is 0 Å². The molecule has 3 heteroatoms. The smallest absolute Gasteiger partial charge is 0.0991 e. The van der Waals surface area contributed by atoms with Crippen molar-refractivity contribution in [3.63, 3.8) is 0 Å². The molecule has 1 aliphatic heterocycles. The molecule has 6 aromatic carbocycles. The summed E-state index contributed by atoms with van der Waals surface area (Å²) in [5, 5.41) is 19.1. The summed E-state index contributed by atoms with van der Waals surface area (Å²) >= 11 is 0. The van der Waals surface area contributed by atoms with E-state index in [1.807, 2.05) is 30.3 Å². The highest BCUT2D eigenvalue weighted by Gasteiger charge is 2.46. The Labute approximate surface area is 245 Å². The third-order valence-corrected chi connectivity index (χ3v) is 8.20. The summed E-state index contributed by atoms with van der Waals surface area (Å²) in [5.41, 5.74) is 10.5. The lowest BCUT2D eigenvalue weighted by Crippen LogP contribution is -2.37. The summed E-state index contributed by atoms with van der Waals surface area (Å²) in [5.74, 6) is 0. The molecule has 7 rings (SSSR count). The topological polar surface area (TPSA) is 50.8 Å². The van der Waals surface area contributed by atoms with Gasteiger partial charge in [-0.05, 0) is 81.9 Å². The van der Waals surface area contributed by atoms with Crippen molar-refractivity contribution in [2.45, 2.75) is 5.41 Å². The van der Waals surface area contributed by atoms with Crippen molar-refractivity contribution in [3.05, 3.63) is 185 Å². The maximum absolute atomic E-state index is 9.57. The Kier molecular flexibility index (Phi) is 6.12. The summed E-state index contributed by atoms with van der Waals surface area (Å²) in [4.78, 5) is 2.35. The Morgan fingerprint density at radius 1 is 0.452 bits per heavy atom. The maximum atomic E-state index is 9.57. The van der Waals surface area contributed by atoms with E-state index in [2.05, 4.69) is 138 Å². The van der Waals surface area contributed by atoms with Crippen LogP contribution in [0.15, 0.2) is 152 Å². The SMILES string of the molecule is N#Cc1ccc(C2(c3ccc(C#N)cc3)c3ccccc3N(c3cccc(-c4ccccc4)c3)c3ccccc32)cc1. The normalized spacial score (nSPS) is 12.9. The maximum Gasteiger partial charge on any atom is 0.0991 e. The molecule has 42 heavy (non-hydrogen) atoms. The number of nitrogens with zero attached hydrogens (tertiary/aromatic N) is 3. The van der Waals surface area contributed by atoms with Crippen LogP contribution >= 0.6 is 0 Å². The molecule has 0 aliphatic carbocycles. The minimum Gasteiger partial charge on any atom is -0.310 e. The zero-order chi connectivity index (χ0) is 28.5. The fourth-order valence-corrected chi connectivity index (χ4v) is 6.36. The van der Waals surface area contributed by atoms with Crippen LogP contribution in [-0.2, 0) is 5.41 Å². The Bertz CT molecular complexity index is 1890. The van der Waals surface area contributed by atoms with Gasteiger partial charge in [-0.15, -0.1) is 0 Å². The minimum absolute atomic E-state index is 0.616. The number of rotatable bonds is 4. The highest BCUT2D eigenvalue weighted by molar-refractivity contribution is 5.90. The minimum atomic E-state index is -0.678. The highest BCUT2D eigenvalue weighted by Crippen LogP contribution is 2.57. The number of anilines is 3. The van der Waals surface area contributed by atoms with Crippen molar-refractivity contribution in [1.29, 1.82) is 10.5 Å². The van der Waals surface area contributed by atoms with Crippen LogP contribution in [0.1, 0.15) is 33.4 Å². The number of benzene rings is 6. The molecule has 1 aliphatic rings. The Morgan fingerprint density at radius 2 is 0.929 bits per heavy atom. The molecule has 0 unspecified atom stereocenters. The fourth-order valence-electron chi connectivity index (χ4n) is 6.36. The highest BCUT2D eigenvalue weighted by atomic mass is 15.2. The number of hydrogen-bond acceptors (Lipinski definition) is 3. The molecule has 3 nitrogen and oxygen atoms in total. The molecule has 0 saturated carbocycles. The second kappa shape index (κ2) is 10.3. The standard InChI is InChI=1S/C39H25N3/c40-26-28-17-21-32(22-18-28)39(33-23-19-29(27-41)20-24-33)35-13-4-6-15-37(35)42(38-16-7-5-14-36(38)39)34-12-8-11-31(25-34)30-9-2-1-3-10-30/h1-25H. The van der Waals surface area contributed by atoms with Gasteiger partial charge < -0.3 is 4.90 Å². The zero-order valence-electron chi connectivity index (χ0n) is 22.8. The van der Waals surface area contributed by atoms with Crippen LogP contribution in [0.4, 0.5) is 17.1 Å². The van der Waals surface area contributed by atoms with Crippen LogP contribution in [0, 0.1) is 22.7 Å². The van der Waals surface area contributed by atoms with E-state index in [0.29, 0.717) is 11.1 Å². The number of nitriles is 2. The third-order valence-electron chi connectivity index (χ3n) is 8.20. The lowest BCUT2D eigenvalue weighted by atomic mass is 9.62. The number of hydrogen-bond donors (Lipinski definition) is 0. The molecular weight excluding hydrogens is 510 g/mol. The van der Waals surface area contributed by atoms with E-state index in [9.17, 15) is 10.5 Å². The first-order valence-electron chi connectivity index (χ1n) is 13.9. The first-order valence-corrected chi connectivity index (χ1v) is 13.9. The molecule has 0 saturated heterocycles. The number of para-hydroxylation sites is 2. The predicted molar refractivity (Wildman–Crippen MR) is 168 cm³/mol. The van der Waals surface area contributed by atoms with Crippen molar-refractivity contribution >= 4 is 17.1 Å². The van der Waals surface area contributed by atoms with Gasteiger partial charge in [0.05, 0.1) is 40.1 Å². The lowest BCUT2D eigenvalue weighted by Gasteiger charge is -2.46. The molecule has 0 radical (unpaired) electrons. The van der Waals surface area contributed by atoms with Crippen LogP contribution in [0.5, 0.6) is 0 Å². The Balaban J connectivity index is 1.54. The van der Waals surface area contributed by atoms with Gasteiger partial charge in [0.25, 0.3) is 0 Å². The van der Waals surface area contributed by atoms with Gasteiger partial charge in [0, 0.05) is 5.69 Å². The number of fused-ring (bicyclic) bond motifs is 2. The summed E-state index contributed by atoms with van der Waals surface area (Å²) in [7, 11) is 0. The first kappa shape index (κ1) is 25.1. The zero-order valence-corrected chi connectivity index (χ0v) is 22.8. The third kappa shape index (κ3) is 3.88. The largest absolute Gasteiger partial charge is 0.310 e. The van der Waals surface area contributed by atoms with E-state index in [0.717, 1.165) is 44.9 Å². The van der Waals surface area contributed by atoms with E-state index in [-0.39, 0.29) is 0 Å². The van der Waals surface area contributed by atoms with Crippen molar-refractivity contribution in [2.75, 3.05) is 4.90 Å². The molecule has 1 heterocycles. The summed E-state index contributed by atoms with van der Waals surface area (Å²) in [6.07, 6.45) is 0. The van der Waals surface area contributed by atoms with Crippen LogP contribution in [0.2, 0.25) is 0 Å². The van der Waals surface area contributed by atoms with Gasteiger partial charge in [-0.1, -0.05) is 103 Å². The molecule has 0 fully saturated rings. The molecular formula is C39H25N3. The summed E-state index contributed by atoms with van der Waals surface area (Å²) in [6.45, 7) is 0. The average molecular weight is 536 g/mol. The van der Waals surface area contributed by atoms with Gasteiger partial charge in [-0.3, -0.25) is 0 Å². The predicted octanol–water partition coefficient (Wildman–Crippen LogP) is 9.26. The fraction of sp³-hybridized carbons (Fsp3) is 0.0256. The summed E-state index contributed by atoms with van der Waals surface area (Å²) in [6, 6.07) is 56.6. The molecule has 196 valence electrons. The molecule has 0 aromatic heterocycles. The van der Waals surface area contributed by atoms with Gasteiger partial charge in [-0.25, -0.2) is 0 Å². The van der Waals surface area contributed by atoms with Crippen LogP contribution in [-0.4, -0.2) is 0 Å². The van der Waals surface area contributed by atoms with Gasteiger partial charge in [0.1, 0.15) is 0 Å². The summed E-state index contributed by atoms with van der Waals surface area (Å²) < 4.78 is 0. The van der Waals surface area contributed by atoms with Gasteiger partial charge in [0.2, 0.25) is 0 Å². The van der Waals surface area contributed by atoms with Gasteiger partial charge in [-0.2, -0.15) is 10.5 Å². The molecule has 0 amide bonds. The van der Waals surface area contributed by atoms with Crippen molar-refractivity contribution < 1.29 is 0 Å². The van der Waals surface area contributed by atoms with Gasteiger partial charge >= 0.3 is 0 Å². The van der Waals surface area contributed by atoms with Crippen molar-refractivity contribution in [1.82, 2.24) is 0 Å². The van der Waals surface area contributed by atoms with Crippen LogP contribution < -0.4 is 4.90 Å². The Morgan fingerprint density at radius 3 is 1.45 bits per heavy atom. The lowest BCUT2D eigenvalue weighted by molar-refractivity contribution is 0.731. The first-order chi connectivity index (χ1) is 20.7. The molecule has 0 atom stereocenters. The molecule has 6 aromatic rings.